The molecular weight excluding hydrogens is 337 g/mol. The third-order valence-corrected chi connectivity index (χ3v) is 5.11. The topological polar surface area (TPSA) is 73.1 Å². The van der Waals surface area contributed by atoms with Crippen molar-refractivity contribution in [1.29, 1.82) is 0 Å². The van der Waals surface area contributed by atoms with Gasteiger partial charge in [-0.25, -0.2) is 14.1 Å². The Hall–Kier alpha value is -2.87. The van der Waals surface area contributed by atoms with Crippen LogP contribution in [0.25, 0.3) is 10.9 Å². The molecule has 0 N–H and O–H groups in total. The number of piperidine rings is 1. The number of hydrogen-bond acceptors (Lipinski definition) is 5. The Morgan fingerprint density at radius 1 is 1.27 bits per heavy atom. The lowest BCUT2D eigenvalue weighted by atomic mass is 10.00. The number of halogens is 1. The van der Waals surface area contributed by atoms with Crippen molar-refractivity contribution in [2.75, 3.05) is 13.1 Å². The molecule has 0 bridgehead atoms. The highest BCUT2D eigenvalue weighted by Gasteiger charge is 2.38. The summed E-state index contributed by atoms with van der Waals surface area (Å²) in [5.41, 5.74) is 1.37. The molecule has 1 aromatic carbocycles. The zero-order valence-corrected chi connectivity index (χ0v) is 13.9. The predicted octanol–water partition coefficient (Wildman–Crippen LogP) is 1.95. The van der Waals surface area contributed by atoms with Gasteiger partial charge in [-0.05, 0) is 18.6 Å². The van der Waals surface area contributed by atoms with Crippen molar-refractivity contribution in [2.24, 2.45) is 0 Å². The van der Waals surface area contributed by atoms with Crippen molar-refractivity contribution < 1.29 is 13.9 Å². The highest BCUT2D eigenvalue weighted by atomic mass is 19.1. The first kappa shape index (κ1) is 15.4. The van der Waals surface area contributed by atoms with Crippen LogP contribution in [0, 0.1) is 5.82 Å². The van der Waals surface area contributed by atoms with Gasteiger partial charge in [-0.3, -0.25) is 4.79 Å². The Bertz CT molecular complexity index is 1000. The number of carbonyl (C=O) groups is 1. The molecule has 1 amide bonds. The smallest absolute Gasteiger partial charge is 0.272 e. The first-order valence-electron chi connectivity index (χ1n) is 8.56. The summed E-state index contributed by atoms with van der Waals surface area (Å²) in [5, 5.41) is 8.76. The van der Waals surface area contributed by atoms with Gasteiger partial charge in [-0.1, -0.05) is 23.4 Å². The van der Waals surface area contributed by atoms with Crippen molar-refractivity contribution >= 4 is 16.8 Å². The molecule has 5 rings (SSSR count). The van der Waals surface area contributed by atoms with E-state index in [1.807, 2.05) is 4.68 Å². The monoisotopic (exact) mass is 353 g/mol. The molecule has 0 radical (unpaired) electrons. The lowest BCUT2D eigenvalue weighted by molar-refractivity contribution is -0.0605. The van der Waals surface area contributed by atoms with Crippen LogP contribution in [0.4, 0.5) is 4.39 Å². The number of benzene rings is 1. The second-order valence-corrected chi connectivity index (χ2v) is 6.63. The Balaban J connectivity index is 1.44. The molecular formula is C18H16FN5O2. The Morgan fingerprint density at radius 2 is 2.19 bits per heavy atom. The van der Waals surface area contributed by atoms with E-state index >= 15 is 0 Å². The van der Waals surface area contributed by atoms with E-state index in [0.29, 0.717) is 25.1 Å². The largest absolute Gasteiger partial charge is 0.370 e. The molecule has 0 saturated carbocycles. The minimum atomic E-state index is -0.427. The second-order valence-electron chi connectivity index (χ2n) is 6.63. The zero-order chi connectivity index (χ0) is 17.7. The van der Waals surface area contributed by atoms with E-state index < -0.39 is 5.82 Å². The molecule has 2 aliphatic rings. The van der Waals surface area contributed by atoms with Gasteiger partial charge in [0.05, 0.1) is 30.6 Å². The number of likely N-dealkylation sites (tertiary alicyclic amines) is 1. The van der Waals surface area contributed by atoms with Gasteiger partial charge in [-0.2, -0.15) is 0 Å². The molecule has 0 spiro atoms. The standard InChI is InChI=1S/C18H16FN5O2/c19-13-3-1-2-11-4-5-14(21-17(11)13)18(25)23-7-6-16-15(9-23)24-12(10-26-16)8-20-22-24/h1-5,8,15-16H,6-7,9-10H2/t15-,16-/m0/s1. The Labute approximate surface area is 148 Å². The van der Waals surface area contributed by atoms with E-state index in [1.54, 1.807) is 35.4 Å². The van der Waals surface area contributed by atoms with Crippen LogP contribution in [0.1, 0.15) is 28.6 Å². The van der Waals surface area contributed by atoms with E-state index in [9.17, 15) is 9.18 Å². The van der Waals surface area contributed by atoms with Gasteiger partial charge >= 0.3 is 0 Å². The van der Waals surface area contributed by atoms with Gasteiger partial charge in [0.1, 0.15) is 17.0 Å². The zero-order valence-electron chi connectivity index (χ0n) is 13.9. The molecule has 0 unspecified atom stereocenters. The summed E-state index contributed by atoms with van der Waals surface area (Å²) in [6, 6.07) is 8.07. The maximum Gasteiger partial charge on any atom is 0.272 e. The van der Waals surface area contributed by atoms with Crippen LogP contribution >= 0.6 is 0 Å². The lowest BCUT2D eigenvalue weighted by Gasteiger charge is -2.40. The summed E-state index contributed by atoms with van der Waals surface area (Å²) in [6.07, 6.45) is 2.43. The number of rotatable bonds is 1. The number of carbonyl (C=O) groups excluding carboxylic acids is 1. The average Bonchev–Trinajstić information content (AvgIpc) is 3.16. The minimum Gasteiger partial charge on any atom is -0.370 e. The van der Waals surface area contributed by atoms with E-state index in [2.05, 4.69) is 15.3 Å². The SMILES string of the molecule is O=C(c1ccc2cccc(F)c2n1)N1CC[C@@H]2OCc3cnnn3[C@H]2C1. The quantitative estimate of drug-likeness (QED) is 0.669. The van der Waals surface area contributed by atoms with E-state index in [-0.39, 0.29) is 29.3 Å². The van der Waals surface area contributed by atoms with Crippen molar-refractivity contribution in [2.45, 2.75) is 25.2 Å². The molecule has 1 fully saturated rings. The minimum absolute atomic E-state index is 0.0234. The Morgan fingerprint density at radius 3 is 3.12 bits per heavy atom. The third-order valence-electron chi connectivity index (χ3n) is 5.11. The summed E-state index contributed by atoms with van der Waals surface area (Å²) < 4.78 is 21.7. The fraction of sp³-hybridized carbons (Fsp3) is 0.333. The average molecular weight is 353 g/mol. The van der Waals surface area contributed by atoms with Crippen LogP contribution in [0.3, 0.4) is 0 Å². The van der Waals surface area contributed by atoms with E-state index in [0.717, 1.165) is 12.1 Å². The van der Waals surface area contributed by atoms with E-state index in [1.165, 1.54) is 6.07 Å². The summed E-state index contributed by atoms with van der Waals surface area (Å²) in [7, 11) is 0. The molecule has 3 aromatic rings. The third kappa shape index (κ3) is 2.37. The van der Waals surface area contributed by atoms with Crippen molar-refractivity contribution in [3.05, 3.63) is 53.7 Å². The molecule has 1 saturated heterocycles. The first-order chi connectivity index (χ1) is 12.7. The molecule has 132 valence electrons. The van der Waals surface area contributed by atoms with Crippen LogP contribution in [0.2, 0.25) is 0 Å². The van der Waals surface area contributed by atoms with Crippen LogP contribution < -0.4 is 0 Å². The highest BCUT2D eigenvalue weighted by molar-refractivity contribution is 5.95. The number of fused-ring (bicyclic) bond motifs is 4. The molecule has 7 nitrogen and oxygen atoms in total. The molecule has 4 heterocycles. The van der Waals surface area contributed by atoms with Crippen LogP contribution in [-0.2, 0) is 11.3 Å². The van der Waals surface area contributed by atoms with Crippen LogP contribution in [-0.4, -0.2) is 50.0 Å². The van der Waals surface area contributed by atoms with Gasteiger partial charge in [0.15, 0.2) is 0 Å². The summed E-state index contributed by atoms with van der Waals surface area (Å²) >= 11 is 0. The maximum absolute atomic E-state index is 14.0. The summed E-state index contributed by atoms with van der Waals surface area (Å²) in [5.74, 6) is -0.635. The first-order valence-corrected chi connectivity index (χ1v) is 8.56. The fourth-order valence-corrected chi connectivity index (χ4v) is 3.76. The Kier molecular flexibility index (Phi) is 3.46. The second kappa shape index (κ2) is 5.84. The summed E-state index contributed by atoms with van der Waals surface area (Å²) in [6.45, 7) is 1.53. The van der Waals surface area contributed by atoms with Crippen molar-refractivity contribution in [3.63, 3.8) is 0 Å². The molecule has 2 atom stereocenters. The van der Waals surface area contributed by atoms with Crippen LogP contribution in [0.15, 0.2) is 36.5 Å². The molecule has 8 heteroatoms. The number of ether oxygens (including phenoxy) is 1. The number of para-hydroxylation sites is 1. The number of pyridine rings is 1. The summed E-state index contributed by atoms with van der Waals surface area (Å²) in [4.78, 5) is 18.9. The number of amides is 1. The highest BCUT2D eigenvalue weighted by Crippen LogP contribution is 2.30. The van der Waals surface area contributed by atoms with Gasteiger partial charge in [-0.15, -0.1) is 5.10 Å². The van der Waals surface area contributed by atoms with Crippen molar-refractivity contribution in [3.8, 4) is 0 Å². The van der Waals surface area contributed by atoms with Gasteiger partial charge in [0.25, 0.3) is 5.91 Å². The lowest BCUT2D eigenvalue weighted by Crippen LogP contribution is -2.50. The van der Waals surface area contributed by atoms with Gasteiger partial charge < -0.3 is 9.64 Å². The van der Waals surface area contributed by atoms with Crippen LogP contribution in [0.5, 0.6) is 0 Å². The molecule has 0 aliphatic carbocycles. The predicted molar refractivity (Wildman–Crippen MR) is 89.9 cm³/mol. The fourth-order valence-electron chi connectivity index (χ4n) is 3.76. The number of hydrogen-bond donors (Lipinski definition) is 0. The number of nitrogens with zero attached hydrogens (tertiary/aromatic N) is 5. The molecule has 2 aromatic heterocycles. The molecule has 26 heavy (non-hydrogen) atoms. The number of aromatic nitrogens is 4. The van der Waals surface area contributed by atoms with Gasteiger partial charge in [0.2, 0.25) is 0 Å². The van der Waals surface area contributed by atoms with Gasteiger partial charge in [0, 0.05) is 18.5 Å². The van der Waals surface area contributed by atoms with E-state index in [4.69, 9.17) is 4.74 Å². The maximum atomic E-state index is 14.0. The molecule has 2 aliphatic heterocycles. The van der Waals surface area contributed by atoms with Crippen molar-refractivity contribution in [1.82, 2.24) is 24.9 Å². The normalized spacial score (nSPS) is 22.1.